The molecule has 0 aliphatic rings. The summed E-state index contributed by atoms with van der Waals surface area (Å²) < 4.78 is 2.33. The Morgan fingerprint density at radius 3 is 3.08 bits per heavy atom. The van der Waals surface area contributed by atoms with Gasteiger partial charge >= 0.3 is 0 Å². The lowest BCUT2D eigenvalue weighted by Gasteiger charge is -1.91. The Bertz CT molecular complexity index is 482. The summed E-state index contributed by atoms with van der Waals surface area (Å²) in [5, 5.41) is 5.09. The quantitative estimate of drug-likeness (QED) is 0.622. The lowest BCUT2D eigenvalue weighted by atomic mass is 10.4. The highest BCUT2D eigenvalue weighted by Crippen LogP contribution is 2.09. The van der Waals surface area contributed by atoms with Crippen molar-refractivity contribution in [2.75, 3.05) is 0 Å². The van der Waals surface area contributed by atoms with Gasteiger partial charge < -0.3 is 4.98 Å². The van der Waals surface area contributed by atoms with Gasteiger partial charge in [0.1, 0.15) is 10.5 Å². The third kappa shape index (κ3) is 1.02. The molecule has 0 aromatic carbocycles. The van der Waals surface area contributed by atoms with Crippen molar-refractivity contribution in [2.45, 2.75) is 6.92 Å². The normalized spacial score (nSPS) is 10.8. The molecule has 0 saturated carbocycles. The van der Waals surface area contributed by atoms with Gasteiger partial charge in [0.25, 0.3) is 0 Å². The van der Waals surface area contributed by atoms with E-state index in [1.165, 1.54) is 0 Å². The zero-order chi connectivity index (χ0) is 8.72. The number of aromatic nitrogens is 4. The second-order valence-electron chi connectivity index (χ2n) is 2.69. The third-order valence-corrected chi connectivity index (χ3v) is 1.94. The molecule has 0 amide bonds. The van der Waals surface area contributed by atoms with Gasteiger partial charge in [0.2, 0.25) is 0 Å². The fraction of sp³-hybridized carbons (Fsp3) is 0.286. The topological polar surface area (TPSA) is 46.5 Å². The first-order valence-corrected chi connectivity index (χ1v) is 3.98. The highest BCUT2D eigenvalue weighted by Gasteiger charge is 2.01. The smallest absolute Gasteiger partial charge is 0.163 e. The van der Waals surface area contributed by atoms with E-state index in [4.69, 9.17) is 12.2 Å². The Kier molecular flexibility index (Phi) is 1.47. The highest BCUT2D eigenvalue weighted by atomic mass is 32.1. The molecular formula is C7H8N4S. The van der Waals surface area contributed by atoms with Crippen LogP contribution < -0.4 is 0 Å². The molecule has 0 saturated heterocycles. The van der Waals surface area contributed by atoms with Gasteiger partial charge in [0, 0.05) is 13.2 Å². The van der Waals surface area contributed by atoms with Crippen molar-refractivity contribution in [3.63, 3.8) is 0 Å². The maximum absolute atomic E-state index is 5.07. The van der Waals surface area contributed by atoms with Gasteiger partial charge in [-0.3, -0.25) is 4.68 Å². The lowest BCUT2D eigenvalue weighted by molar-refractivity contribution is 0.775. The first-order chi connectivity index (χ1) is 5.66. The van der Waals surface area contributed by atoms with Gasteiger partial charge in [0.15, 0.2) is 5.65 Å². The molecule has 12 heavy (non-hydrogen) atoms. The van der Waals surface area contributed by atoms with Crippen LogP contribution in [0, 0.1) is 11.6 Å². The third-order valence-electron chi connectivity index (χ3n) is 1.63. The van der Waals surface area contributed by atoms with Crippen LogP contribution in [0.25, 0.3) is 11.0 Å². The van der Waals surface area contributed by atoms with E-state index in [2.05, 4.69) is 15.1 Å². The molecule has 0 bridgehead atoms. The van der Waals surface area contributed by atoms with E-state index in [-0.39, 0.29) is 0 Å². The minimum atomic E-state index is 0.606. The average molecular weight is 180 g/mol. The zero-order valence-corrected chi connectivity index (χ0v) is 7.64. The molecule has 62 valence electrons. The van der Waals surface area contributed by atoms with Crippen LogP contribution >= 0.6 is 12.2 Å². The summed E-state index contributed by atoms with van der Waals surface area (Å²) in [6.07, 6.45) is 1.86. The van der Waals surface area contributed by atoms with Gasteiger partial charge in [0.05, 0.1) is 5.39 Å². The van der Waals surface area contributed by atoms with Crippen molar-refractivity contribution in [2.24, 2.45) is 7.05 Å². The fourth-order valence-electron chi connectivity index (χ4n) is 1.15. The summed E-state index contributed by atoms with van der Waals surface area (Å²) in [7, 11) is 1.86. The molecule has 5 heteroatoms. The summed E-state index contributed by atoms with van der Waals surface area (Å²) in [4.78, 5) is 7.16. The van der Waals surface area contributed by atoms with E-state index in [0.29, 0.717) is 4.64 Å². The van der Waals surface area contributed by atoms with Gasteiger partial charge in [-0.05, 0) is 6.92 Å². The van der Waals surface area contributed by atoms with Gasteiger partial charge in [-0.1, -0.05) is 12.2 Å². The van der Waals surface area contributed by atoms with Crippen LogP contribution in [-0.2, 0) is 7.05 Å². The Labute approximate surface area is 74.2 Å². The van der Waals surface area contributed by atoms with Crippen LogP contribution in [0.4, 0.5) is 0 Å². The number of H-pyrrole nitrogens is 1. The standard InChI is InChI=1S/C7H8N4S/c1-4-8-6-5(7(12)9-4)3-11(2)10-6/h3H,1-2H3,(H,8,9,10,12). The number of rotatable bonds is 0. The number of nitrogens with zero attached hydrogens (tertiary/aromatic N) is 3. The maximum atomic E-state index is 5.07. The number of aromatic amines is 1. The molecule has 2 heterocycles. The predicted molar refractivity (Wildman–Crippen MR) is 48.4 cm³/mol. The summed E-state index contributed by atoms with van der Waals surface area (Å²) in [6.45, 7) is 1.86. The van der Waals surface area contributed by atoms with Gasteiger partial charge in [-0.15, -0.1) is 0 Å². The second-order valence-corrected chi connectivity index (χ2v) is 3.08. The average Bonchev–Trinajstić information content (AvgIpc) is 2.29. The second kappa shape index (κ2) is 2.38. The molecule has 0 spiro atoms. The van der Waals surface area contributed by atoms with Gasteiger partial charge in [-0.25, -0.2) is 4.98 Å². The van der Waals surface area contributed by atoms with Crippen LogP contribution in [0.3, 0.4) is 0 Å². The molecule has 2 rings (SSSR count). The van der Waals surface area contributed by atoms with Crippen molar-refractivity contribution in [1.82, 2.24) is 19.7 Å². The minimum Gasteiger partial charge on any atom is -0.327 e. The lowest BCUT2D eigenvalue weighted by Crippen LogP contribution is -1.89. The number of fused-ring (bicyclic) bond motifs is 1. The van der Waals surface area contributed by atoms with E-state index < -0.39 is 0 Å². The van der Waals surface area contributed by atoms with E-state index in [1.54, 1.807) is 4.68 Å². The first kappa shape index (κ1) is 7.42. The van der Waals surface area contributed by atoms with Crippen molar-refractivity contribution in [1.29, 1.82) is 0 Å². The molecule has 0 aliphatic carbocycles. The van der Waals surface area contributed by atoms with Crippen LogP contribution in [0.1, 0.15) is 5.82 Å². The maximum Gasteiger partial charge on any atom is 0.163 e. The van der Waals surface area contributed by atoms with E-state index in [9.17, 15) is 0 Å². The molecule has 0 atom stereocenters. The predicted octanol–water partition coefficient (Wildman–Crippen LogP) is 1.33. The summed E-state index contributed by atoms with van der Waals surface area (Å²) in [6, 6.07) is 0. The Morgan fingerprint density at radius 1 is 1.58 bits per heavy atom. The fourth-order valence-corrected chi connectivity index (χ4v) is 1.44. The molecule has 2 aromatic rings. The number of hydrogen-bond acceptors (Lipinski definition) is 3. The monoisotopic (exact) mass is 180 g/mol. The Balaban J connectivity index is 2.98. The van der Waals surface area contributed by atoms with Crippen molar-refractivity contribution in [3.8, 4) is 0 Å². The Morgan fingerprint density at radius 2 is 2.33 bits per heavy atom. The molecule has 1 N–H and O–H groups in total. The van der Waals surface area contributed by atoms with E-state index in [0.717, 1.165) is 16.9 Å². The number of nitrogens with one attached hydrogen (secondary N) is 1. The molecule has 4 nitrogen and oxygen atoms in total. The minimum absolute atomic E-state index is 0.606. The highest BCUT2D eigenvalue weighted by molar-refractivity contribution is 7.71. The number of hydrogen-bond donors (Lipinski definition) is 1. The van der Waals surface area contributed by atoms with Gasteiger partial charge in [-0.2, -0.15) is 5.10 Å². The summed E-state index contributed by atoms with van der Waals surface area (Å²) in [5.74, 6) is 0.797. The SMILES string of the molecule is Cc1nc(=S)c2cn(C)nc2[nH]1. The van der Waals surface area contributed by atoms with Crippen LogP contribution in [0.2, 0.25) is 0 Å². The van der Waals surface area contributed by atoms with E-state index in [1.807, 2.05) is 20.2 Å². The largest absolute Gasteiger partial charge is 0.327 e. The van der Waals surface area contributed by atoms with Crippen LogP contribution in [0.5, 0.6) is 0 Å². The summed E-state index contributed by atoms with van der Waals surface area (Å²) >= 11 is 5.07. The Hall–Kier alpha value is -1.23. The molecular weight excluding hydrogens is 172 g/mol. The van der Waals surface area contributed by atoms with Crippen molar-refractivity contribution < 1.29 is 0 Å². The first-order valence-electron chi connectivity index (χ1n) is 3.57. The molecule has 2 aromatic heterocycles. The molecule has 0 unspecified atom stereocenters. The zero-order valence-electron chi connectivity index (χ0n) is 6.83. The van der Waals surface area contributed by atoms with Crippen molar-refractivity contribution >= 4 is 23.3 Å². The van der Waals surface area contributed by atoms with E-state index >= 15 is 0 Å². The number of aryl methyl sites for hydroxylation is 2. The molecule has 0 fully saturated rings. The molecule has 0 aliphatic heterocycles. The molecule has 0 radical (unpaired) electrons. The summed E-state index contributed by atoms with van der Waals surface area (Å²) in [5.41, 5.74) is 0.801. The van der Waals surface area contributed by atoms with Crippen molar-refractivity contribution in [3.05, 3.63) is 16.7 Å². The van der Waals surface area contributed by atoms with Crippen LogP contribution in [-0.4, -0.2) is 19.7 Å². The van der Waals surface area contributed by atoms with Crippen LogP contribution in [0.15, 0.2) is 6.20 Å².